The van der Waals surface area contributed by atoms with Gasteiger partial charge in [-0.1, -0.05) is 0 Å². The van der Waals surface area contributed by atoms with Crippen molar-refractivity contribution in [2.45, 2.75) is 18.9 Å². The Morgan fingerprint density at radius 3 is 2.07 bits per heavy atom. The Morgan fingerprint density at radius 1 is 0.963 bits per heavy atom. The molecule has 3 rings (SSSR count). The number of hydrogen-bond acceptors (Lipinski definition) is 5. The zero-order valence-corrected chi connectivity index (χ0v) is 16.0. The summed E-state index contributed by atoms with van der Waals surface area (Å²) in [6.07, 6.45) is 2.43. The predicted molar refractivity (Wildman–Crippen MR) is 106 cm³/mol. The molecule has 1 fully saturated rings. The Hall–Kier alpha value is -2.73. The summed E-state index contributed by atoms with van der Waals surface area (Å²) in [4.78, 5) is 14.9. The normalized spacial score (nSPS) is 14.7. The maximum Gasteiger partial charge on any atom is 0.255 e. The number of nitrogens with one attached hydrogen (secondary N) is 1. The second kappa shape index (κ2) is 8.77. The molecule has 0 aromatic heterocycles. The van der Waals surface area contributed by atoms with Crippen LogP contribution in [-0.2, 0) is 4.74 Å². The van der Waals surface area contributed by atoms with E-state index in [1.807, 2.05) is 24.3 Å². The van der Waals surface area contributed by atoms with Crippen LogP contribution in [0.5, 0.6) is 11.5 Å². The smallest absolute Gasteiger partial charge is 0.255 e. The minimum Gasteiger partial charge on any atom is -0.497 e. The molecule has 0 saturated carbocycles. The lowest BCUT2D eigenvalue weighted by Gasteiger charge is -2.33. The Balaban J connectivity index is 1.65. The van der Waals surface area contributed by atoms with Crippen LogP contribution in [0.15, 0.2) is 42.5 Å². The Kier molecular flexibility index (Phi) is 6.19. The fraction of sp³-hybridized carbons (Fsp3) is 0.381. The highest BCUT2D eigenvalue weighted by atomic mass is 16.5. The summed E-state index contributed by atoms with van der Waals surface area (Å²) in [6.45, 7) is 1.96. The largest absolute Gasteiger partial charge is 0.497 e. The van der Waals surface area contributed by atoms with Gasteiger partial charge in [0.1, 0.15) is 11.5 Å². The fourth-order valence-electron chi connectivity index (χ4n) is 3.25. The summed E-state index contributed by atoms with van der Waals surface area (Å²) in [6, 6.07) is 13.0. The topological polar surface area (TPSA) is 60.0 Å². The number of carbonyl (C=O) groups is 1. The van der Waals surface area contributed by atoms with Crippen molar-refractivity contribution in [3.8, 4) is 11.5 Å². The van der Waals surface area contributed by atoms with E-state index < -0.39 is 0 Å². The summed E-state index contributed by atoms with van der Waals surface area (Å²) >= 11 is 0. The highest BCUT2D eigenvalue weighted by Crippen LogP contribution is 2.25. The van der Waals surface area contributed by atoms with E-state index in [0.717, 1.165) is 37.3 Å². The van der Waals surface area contributed by atoms with E-state index in [4.69, 9.17) is 14.2 Å². The number of methoxy groups -OCH3 is 3. The molecule has 0 spiro atoms. The van der Waals surface area contributed by atoms with E-state index in [2.05, 4.69) is 10.2 Å². The Morgan fingerprint density at radius 2 is 1.56 bits per heavy atom. The SMILES string of the molecule is COc1cc(OC)cc(C(=O)Nc2ccc(N3CCC(OC)CC3)cc2)c1. The van der Waals surface area contributed by atoms with Crippen LogP contribution in [0, 0.1) is 0 Å². The van der Waals surface area contributed by atoms with Crippen LogP contribution in [0.3, 0.4) is 0 Å². The number of amides is 1. The van der Waals surface area contributed by atoms with Crippen molar-refractivity contribution in [3.63, 3.8) is 0 Å². The highest BCUT2D eigenvalue weighted by Gasteiger charge is 2.19. The maximum atomic E-state index is 12.6. The molecule has 27 heavy (non-hydrogen) atoms. The van der Waals surface area contributed by atoms with E-state index in [-0.39, 0.29) is 5.91 Å². The molecule has 6 heteroatoms. The van der Waals surface area contributed by atoms with Crippen LogP contribution in [0.2, 0.25) is 0 Å². The van der Waals surface area contributed by atoms with E-state index in [9.17, 15) is 4.79 Å². The standard InChI is InChI=1S/C21H26N2O4/c1-25-18-8-10-23(11-9-18)17-6-4-16(5-7-17)22-21(24)15-12-19(26-2)14-20(13-15)27-3/h4-7,12-14,18H,8-11H2,1-3H3,(H,22,24). The molecule has 144 valence electrons. The molecular formula is C21H26N2O4. The number of anilines is 2. The Bertz CT molecular complexity index is 746. The van der Waals surface area contributed by atoms with Crippen LogP contribution in [-0.4, -0.2) is 46.4 Å². The van der Waals surface area contributed by atoms with Gasteiger partial charge in [-0.2, -0.15) is 0 Å². The zero-order valence-electron chi connectivity index (χ0n) is 16.0. The maximum absolute atomic E-state index is 12.6. The molecular weight excluding hydrogens is 344 g/mol. The average Bonchev–Trinajstić information content (AvgIpc) is 2.74. The molecule has 1 amide bonds. The predicted octanol–water partition coefficient (Wildman–Crippen LogP) is 3.57. The summed E-state index contributed by atoms with van der Waals surface area (Å²) < 4.78 is 15.9. The molecule has 0 bridgehead atoms. The van der Waals surface area contributed by atoms with Crippen LogP contribution >= 0.6 is 0 Å². The highest BCUT2D eigenvalue weighted by molar-refractivity contribution is 6.04. The number of hydrogen-bond donors (Lipinski definition) is 1. The molecule has 1 N–H and O–H groups in total. The van der Waals surface area contributed by atoms with Crippen LogP contribution in [0.1, 0.15) is 23.2 Å². The van der Waals surface area contributed by atoms with E-state index >= 15 is 0 Å². The summed E-state index contributed by atoms with van der Waals surface area (Å²) in [5, 5.41) is 2.92. The number of ether oxygens (including phenoxy) is 3. The van der Waals surface area contributed by atoms with Gasteiger partial charge in [0, 0.05) is 43.2 Å². The van der Waals surface area contributed by atoms with Gasteiger partial charge >= 0.3 is 0 Å². The lowest BCUT2D eigenvalue weighted by atomic mass is 10.1. The second-order valence-corrected chi connectivity index (χ2v) is 6.52. The molecule has 2 aromatic rings. The van der Waals surface area contributed by atoms with Gasteiger partial charge in [0.15, 0.2) is 0 Å². The number of benzene rings is 2. The lowest BCUT2D eigenvalue weighted by Crippen LogP contribution is -2.36. The number of piperidine rings is 1. The summed E-state index contributed by atoms with van der Waals surface area (Å²) in [5.41, 5.74) is 2.39. The number of nitrogens with zero attached hydrogens (tertiary/aromatic N) is 1. The first-order chi connectivity index (χ1) is 13.1. The summed E-state index contributed by atoms with van der Waals surface area (Å²) in [5.74, 6) is 0.949. The Labute approximate surface area is 160 Å². The van der Waals surface area contributed by atoms with Crippen LogP contribution < -0.4 is 19.7 Å². The van der Waals surface area contributed by atoms with Crippen molar-refractivity contribution in [2.75, 3.05) is 44.6 Å². The van der Waals surface area contributed by atoms with Crippen molar-refractivity contribution in [2.24, 2.45) is 0 Å². The summed E-state index contributed by atoms with van der Waals surface area (Å²) in [7, 11) is 4.89. The van der Waals surface area contributed by atoms with Crippen LogP contribution in [0.4, 0.5) is 11.4 Å². The van der Waals surface area contributed by atoms with Gasteiger partial charge < -0.3 is 24.4 Å². The van der Waals surface area contributed by atoms with Crippen molar-refractivity contribution in [1.29, 1.82) is 0 Å². The molecule has 1 aliphatic rings. The lowest BCUT2D eigenvalue weighted by molar-refractivity contribution is 0.0819. The van der Waals surface area contributed by atoms with Gasteiger partial charge in [-0.05, 0) is 49.2 Å². The average molecular weight is 370 g/mol. The molecule has 0 atom stereocenters. The van der Waals surface area contributed by atoms with Gasteiger partial charge in [0.2, 0.25) is 0 Å². The van der Waals surface area contributed by atoms with Crippen molar-refractivity contribution in [1.82, 2.24) is 0 Å². The molecule has 0 radical (unpaired) electrons. The molecule has 1 aliphatic heterocycles. The van der Waals surface area contributed by atoms with E-state index in [0.29, 0.717) is 23.2 Å². The molecule has 0 unspecified atom stereocenters. The van der Waals surface area contributed by atoms with E-state index in [1.165, 1.54) is 0 Å². The van der Waals surface area contributed by atoms with Gasteiger partial charge in [0.05, 0.1) is 20.3 Å². The number of carbonyl (C=O) groups excluding carboxylic acids is 1. The minimum atomic E-state index is -0.208. The molecule has 0 aliphatic carbocycles. The third-order valence-electron chi connectivity index (χ3n) is 4.88. The van der Waals surface area contributed by atoms with Gasteiger partial charge in [-0.3, -0.25) is 4.79 Å². The van der Waals surface area contributed by atoms with Gasteiger partial charge in [-0.25, -0.2) is 0 Å². The first kappa shape index (κ1) is 19.0. The van der Waals surface area contributed by atoms with Crippen molar-refractivity contribution in [3.05, 3.63) is 48.0 Å². The fourth-order valence-corrected chi connectivity index (χ4v) is 3.25. The van der Waals surface area contributed by atoms with Crippen LogP contribution in [0.25, 0.3) is 0 Å². The quantitative estimate of drug-likeness (QED) is 0.842. The third kappa shape index (κ3) is 4.71. The van der Waals surface area contributed by atoms with Gasteiger partial charge in [-0.15, -0.1) is 0 Å². The molecule has 1 heterocycles. The minimum absolute atomic E-state index is 0.208. The molecule has 2 aromatic carbocycles. The molecule has 6 nitrogen and oxygen atoms in total. The van der Waals surface area contributed by atoms with Crippen molar-refractivity contribution >= 4 is 17.3 Å². The first-order valence-corrected chi connectivity index (χ1v) is 9.05. The molecule has 1 saturated heterocycles. The second-order valence-electron chi connectivity index (χ2n) is 6.52. The number of rotatable bonds is 6. The third-order valence-corrected chi connectivity index (χ3v) is 4.88. The van der Waals surface area contributed by atoms with E-state index in [1.54, 1.807) is 39.5 Å². The van der Waals surface area contributed by atoms with Gasteiger partial charge in [0.25, 0.3) is 5.91 Å². The van der Waals surface area contributed by atoms with Crippen molar-refractivity contribution < 1.29 is 19.0 Å². The zero-order chi connectivity index (χ0) is 19.2. The first-order valence-electron chi connectivity index (χ1n) is 9.05. The monoisotopic (exact) mass is 370 g/mol.